The molecule has 78 valence electrons. The molecule has 0 aliphatic carbocycles. The molecule has 0 aromatic rings. The van der Waals surface area contributed by atoms with Crippen molar-refractivity contribution in [2.75, 3.05) is 26.2 Å². The number of hydrogen-bond donors (Lipinski definition) is 1. The van der Waals surface area contributed by atoms with Gasteiger partial charge in [-0.15, -0.1) is 0 Å². The summed E-state index contributed by atoms with van der Waals surface area (Å²) in [4.78, 5) is 23.6. The van der Waals surface area contributed by atoms with Gasteiger partial charge in [-0.3, -0.25) is 4.79 Å². The van der Waals surface area contributed by atoms with Crippen LogP contribution in [-0.2, 0) is 9.53 Å². The third-order valence-corrected chi connectivity index (χ3v) is 2.68. The Labute approximate surface area is 82.4 Å². The molecule has 0 radical (unpaired) electrons. The fourth-order valence-corrected chi connectivity index (χ4v) is 1.90. The summed E-state index contributed by atoms with van der Waals surface area (Å²) in [5.41, 5.74) is 0. The molecule has 1 N–H and O–H groups in total. The molecular formula is C9H14N2O3. The fraction of sp³-hybridized carbons (Fsp3) is 0.778. The van der Waals surface area contributed by atoms with Crippen molar-refractivity contribution in [1.29, 1.82) is 0 Å². The number of nitrogens with zero attached hydrogens (tertiary/aromatic N) is 1. The highest BCUT2D eigenvalue weighted by Gasteiger charge is 2.32. The molecular weight excluding hydrogens is 184 g/mol. The van der Waals surface area contributed by atoms with Crippen LogP contribution >= 0.6 is 0 Å². The summed E-state index contributed by atoms with van der Waals surface area (Å²) in [5, 5.41) is 3.25. The Balaban J connectivity index is 1.89. The molecule has 1 atom stereocenters. The minimum atomic E-state index is -0.486. The second-order valence-corrected chi connectivity index (χ2v) is 3.77. The molecule has 5 nitrogen and oxygen atoms in total. The fourth-order valence-electron chi connectivity index (χ4n) is 1.90. The maximum atomic E-state index is 11.2. The van der Waals surface area contributed by atoms with E-state index in [9.17, 15) is 9.59 Å². The molecule has 0 bridgehead atoms. The van der Waals surface area contributed by atoms with Crippen molar-refractivity contribution in [3.63, 3.8) is 0 Å². The summed E-state index contributed by atoms with van der Waals surface area (Å²) in [7, 11) is 0. The lowest BCUT2D eigenvalue weighted by atomic mass is 9.99. The van der Waals surface area contributed by atoms with E-state index >= 15 is 0 Å². The van der Waals surface area contributed by atoms with Crippen LogP contribution in [0.1, 0.15) is 12.8 Å². The Morgan fingerprint density at radius 3 is 2.93 bits per heavy atom. The summed E-state index contributed by atoms with van der Waals surface area (Å²) in [6, 6.07) is 0. The molecule has 2 amide bonds. The summed E-state index contributed by atoms with van der Waals surface area (Å²) in [6.07, 6.45) is 1.70. The summed E-state index contributed by atoms with van der Waals surface area (Å²) >= 11 is 0. The van der Waals surface area contributed by atoms with Crippen LogP contribution < -0.4 is 5.32 Å². The van der Waals surface area contributed by atoms with Crippen LogP contribution in [0.15, 0.2) is 0 Å². The van der Waals surface area contributed by atoms with E-state index in [1.165, 1.54) is 4.90 Å². The number of imide groups is 1. The van der Waals surface area contributed by atoms with Crippen LogP contribution in [0.3, 0.4) is 0 Å². The lowest BCUT2D eigenvalue weighted by Crippen LogP contribution is -2.40. The Morgan fingerprint density at radius 2 is 2.36 bits per heavy atom. The van der Waals surface area contributed by atoms with Crippen LogP contribution in [-0.4, -0.2) is 43.1 Å². The van der Waals surface area contributed by atoms with Gasteiger partial charge >= 0.3 is 6.09 Å². The molecule has 2 aliphatic rings. The van der Waals surface area contributed by atoms with Gasteiger partial charge in [-0.2, -0.15) is 0 Å². The first-order valence-corrected chi connectivity index (χ1v) is 4.95. The molecule has 1 unspecified atom stereocenters. The largest absolute Gasteiger partial charge is 0.439 e. The number of nitrogens with one attached hydrogen (secondary N) is 1. The minimum Gasteiger partial charge on any atom is -0.439 e. The van der Waals surface area contributed by atoms with E-state index in [1.807, 2.05) is 0 Å². The van der Waals surface area contributed by atoms with Gasteiger partial charge in [0, 0.05) is 6.54 Å². The van der Waals surface area contributed by atoms with Gasteiger partial charge < -0.3 is 10.1 Å². The number of rotatable bonds is 2. The van der Waals surface area contributed by atoms with Crippen molar-refractivity contribution in [2.45, 2.75) is 12.8 Å². The topological polar surface area (TPSA) is 58.6 Å². The number of cyclic esters (lactones) is 1. The lowest BCUT2D eigenvalue weighted by molar-refractivity contribution is -0.126. The Hall–Kier alpha value is -1.10. The van der Waals surface area contributed by atoms with Gasteiger partial charge in [0.2, 0.25) is 0 Å². The van der Waals surface area contributed by atoms with E-state index in [1.54, 1.807) is 0 Å². The number of amides is 2. The number of carbonyl (C=O) groups is 2. The van der Waals surface area contributed by atoms with Gasteiger partial charge in [0.25, 0.3) is 5.91 Å². The highest BCUT2D eigenvalue weighted by molar-refractivity contribution is 5.97. The molecule has 2 fully saturated rings. The Kier molecular flexibility index (Phi) is 2.67. The molecule has 2 heterocycles. The smallest absolute Gasteiger partial charge is 0.417 e. The Bertz CT molecular complexity index is 232. The molecule has 0 aromatic carbocycles. The van der Waals surface area contributed by atoms with Gasteiger partial charge in [-0.05, 0) is 31.8 Å². The zero-order valence-corrected chi connectivity index (χ0v) is 7.99. The first kappa shape index (κ1) is 9.45. The van der Waals surface area contributed by atoms with E-state index in [2.05, 4.69) is 10.1 Å². The summed E-state index contributed by atoms with van der Waals surface area (Å²) < 4.78 is 4.64. The summed E-state index contributed by atoms with van der Waals surface area (Å²) in [5.74, 6) is 0.180. The van der Waals surface area contributed by atoms with E-state index in [-0.39, 0.29) is 12.5 Å². The van der Waals surface area contributed by atoms with E-state index in [0.717, 1.165) is 25.9 Å². The average molecular weight is 198 g/mol. The van der Waals surface area contributed by atoms with Crippen LogP contribution in [0.2, 0.25) is 0 Å². The van der Waals surface area contributed by atoms with Crippen molar-refractivity contribution in [3.05, 3.63) is 0 Å². The van der Waals surface area contributed by atoms with Crippen molar-refractivity contribution in [1.82, 2.24) is 10.2 Å². The first-order chi connectivity index (χ1) is 6.77. The van der Waals surface area contributed by atoms with Gasteiger partial charge in [-0.1, -0.05) is 0 Å². The Morgan fingerprint density at radius 1 is 1.50 bits per heavy atom. The van der Waals surface area contributed by atoms with E-state index in [4.69, 9.17) is 0 Å². The number of carbonyl (C=O) groups excluding carboxylic acids is 2. The summed E-state index contributed by atoms with van der Waals surface area (Å²) in [6.45, 7) is 2.34. The SMILES string of the molecule is O=C1COC(=O)N1CC1CCCNC1. The van der Waals surface area contributed by atoms with E-state index < -0.39 is 6.09 Å². The molecule has 5 heteroatoms. The van der Waals surface area contributed by atoms with Gasteiger partial charge in [0.05, 0.1) is 0 Å². The molecule has 2 saturated heterocycles. The van der Waals surface area contributed by atoms with Crippen LogP contribution in [0, 0.1) is 5.92 Å². The third-order valence-electron chi connectivity index (χ3n) is 2.68. The van der Waals surface area contributed by atoms with Crippen LogP contribution in [0.5, 0.6) is 0 Å². The van der Waals surface area contributed by atoms with Crippen LogP contribution in [0.25, 0.3) is 0 Å². The third kappa shape index (κ3) is 1.87. The molecule has 0 aromatic heterocycles. The number of hydrogen-bond acceptors (Lipinski definition) is 4. The highest BCUT2D eigenvalue weighted by atomic mass is 16.6. The second-order valence-electron chi connectivity index (χ2n) is 3.77. The molecule has 0 spiro atoms. The normalized spacial score (nSPS) is 28.0. The van der Waals surface area contributed by atoms with Crippen molar-refractivity contribution in [3.8, 4) is 0 Å². The zero-order chi connectivity index (χ0) is 9.97. The maximum Gasteiger partial charge on any atom is 0.417 e. The monoisotopic (exact) mass is 198 g/mol. The van der Waals surface area contributed by atoms with Gasteiger partial charge in [0.1, 0.15) is 0 Å². The predicted molar refractivity (Wildman–Crippen MR) is 48.7 cm³/mol. The molecule has 2 rings (SSSR count). The molecule has 0 saturated carbocycles. The molecule has 14 heavy (non-hydrogen) atoms. The maximum absolute atomic E-state index is 11.2. The zero-order valence-electron chi connectivity index (χ0n) is 7.99. The van der Waals surface area contributed by atoms with E-state index in [0.29, 0.717) is 12.5 Å². The number of piperidine rings is 1. The quantitative estimate of drug-likeness (QED) is 0.676. The minimum absolute atomic E-state index is 0.0843. The predicted octanol–water partition coefficient (Wildman–Crippen LogP) is -0.0352. The van der Waals surface area contributed by atoms with Gasteiger partial charge in [0.15, 0.2) is 6.61 Å². The van der Waals surface area contributed by atoms with Crippen molar-refractivity contribution >= 4 is 12.0 Å². The first-order valence-electron chi connectivity index (χ1n) is 4.95. The second kappa shape index (κ2) is 3.96. The highest BCUT2D eigenvalue weighted by Crippen LogP contribution is 2.15. The van der Waals surface area contributed by atoms with Gasteiger partial charge in [-0.25, -0.2) is 9.69 Å². The van der Waals surface area contributed by atoms with Crippen molar-refractivity contribution in [2.24, 2.45) is 5.92 Å². The van der Waals surface area contributed by atoms with Crippen LogP contribution in [0.4, 0.5) is 4.79 Å². The standard InChI is InChI=1S/C9H14N2O3/c12-8-6-14-9(13)11(8)5-7-2-1-3-10-4-7/h7,10H,1-6H2. The number of ether oxygens (including phenoxy) is 1. The average Bonchev–Trinajstić information content (AvgIpc) is 2.51. The lowest BCUT2D eigenvalue weighted by Gasteiger charge is -2.25. The molecule has 2 aliphatic heterocycles. The van der Waals surface area contributed by atoms with Crippen molar-refractivity contribution < 1.29 is 14.3 Å².